The van der Waals surface area contributed by atoms with Gasteiger partial charge in [0.05, 0.1) is 5.56 Å². The summed E-state index contributed by atoms with van der Waals surface area (Å²) in [5.74, 6) is -2.48. The highest BCUT2D eigenvalue weighted by Gasteiger charge is 2.32. The van der Waals surface area contributed by atoms with Gasteiger partial charge in [0.2, 0.25) is 0 Å². The molecule has 0 fully saturated rings. The number of halogens is 3. The van der Waals surface area contributed by atoms with Crippen molar-refractivity contribution in [2.75, 3.05) is 6.54 Å². The Bertz CT molecular complexity index is 547. The van der Waals surface area contributed by atoms with E-state index in [0.29, 0.717) is 11.0 Å². The molecule has 5 nitrogen and oxygen atoms in total. The summed E-state index contributed by atoms with van der Waals surface area (Å²) in [7, 11) is 0. The van der Waals surface area contributed by atoms with E-state index in [1.165, 1.54) is 0 Å². The number of imide groups is 1. The molecule has 1 aliphatic rings. The van der Waals surface area contributed by atoms with Crippen molar-refractivity contribution < 1.29 is 32.6 Å². The molecule has 1 aliphatic heterocycles. The van der Waals surface area contributed by atoms with Crippen LogP contribution in [0.3, 0.4) is 0 Å². The number of ether oxygens (including phenoxy) is 1. The first kappa shape index (κ1) is 13.2. The summed E-state index contributed by atoms with van der Waals surface area (Å²) in [6.07, 6.45) is -1.44. The van der Waals surface area contributed by atoms with Crippen LogP contribution in [0.15, 0.2) is 12.1 Å². The number of benzene rings is 1. The minimum atomic E-state index is -3.10. The van der Waals surface area contributed by atoms with Crippen LogP contribution in [0.2, 0.25) is 0 Å². The van der Waals surface area contributed by atoms with Crippen molar-refractivity contribution in [2.24, 2.45) is 0 Å². The van der Waals surface area contributed by atoms with Gasteiger partial charge in [-0.15, -0.1) is 0 Å². The molecular weight excluding hydrogens is 267 g/mol. The zero-order chi connectivity index (χ0) is 14.2. The number of carbonyl (C=O) groups is 2. The van der Waals surface area contributed by atoms with E-state index in [0.717, 1.165) is 6.07 Å². The molecular formula is C11H8F3NO4. The summed E-state index contributed by atoms with van der Waals surface area (Å²) >= 11 is 0. The predicted octanol–water partition coefficient (Wildman–Crippen LogP) is 2.10. The zero-order valence-corrected chi connectivity index (χ0v) is 9.40. The van der Waals surface area contributed by atoms with Crippen LogP contribution in [0.1, 0.15) is 15.9 Å². The maximum Gasteiger partial charge on any atom is 0.414 e. The van der Waals surface area contributed by atoms with E-state index in [4.69, 9.17) is 5.11 Å². The molecule has 1 heterocycles. The lowest BCUT2D eigenvalue weighted by atomic mass is 9.98. The number of carboxylic acid groups (broad SMARTS) is 1. The van der Waals surface area contributed by atoms with E-state index < -0.39 is 35.7 Å². The first-order valence-electron chi connectivity index (χ1n) is 5.22. The smallest absolute Gasteiger partial charge is 0.414 e. The molecule has 0 saturated heterocycles. The number of hydrogen-bond donors (Lipinski definition) is 1. The minimum absolute atomic E-state index is 0.0464. The second-order valence-corrected chi connectivity index (χ2v) is 3.81. The standard InChI is InChI=1S/C11H8F3NO4/c12-7-4-6(19-10(13)14)3-5-1-2-15(11(17)18)9(16)8(5)7/h3-4,10H,1-2H2,(H,17,18). The summed E-state index contributed by atoms with van der Waals surface area (Å²) in [5.41, 5.74) is -0.270. The van der Waals surface area contributed by atoms with Crippen molar-refractivity contribution in [1.82, 2.24) is 4.90 Å². The van der Waals surface area contributed by atoms with Gasteiger partial charge in [0.1, 0.15) is 11.6 Å². The van der Waals surface area contributed by atoms with Crippen LogP contribution in [0.5, 0.6) is 5.75 Å². The number of fused-ring (bicyclic) bond motifs is 1. The van der Waals surface area contributed by atoms with Crippen LogP contribution in [0.4, 0.5) is 18.0 Å². The Morgan fingerprint density at radius 2 is 2.11 bits per heavy atom. The van der Waals surface area contributed by atoms with Crippen molar-refractivity contribution in [1.29, 1.82) is 0 Å². The van der Waals surface area contributed by atoms with Crippen LogP contribution in [-0.4, -0.2) is 35.2 Å². The highest BCUT2D eigenvalue weighted by Crippen LogP contribution is 2.27. The largest absolute Gasteiger partial charge is 0.465 e. The third kappa shape index (κ3) is 2.47. The lowest BCUT2D eigenvalue weighted by Crippen LogP contribution is -2.41. The number of nitrogens with zero attached hydrogens (tertiary/aromatic N) is 1. The molecule has 0 spiro atoms. The van der Waals surface area contributed by atoms with Gasteiger partial charge < -0.3 is 9.84 Å². The SMILES string of the molecule is O=C(O)N1CCc2cc(OC(F)F)cc(F)c2C1=O. The van der Waals surface area contributed by atoms with Crippen LogP contribution < -0.4 is 4.74 Å². The molecule has 1 aromatic rings. The third-order valence-corrected chi connectivity index (χ3v) is 2.67. The third-order valence-electron chi connectivity index (χ3n) is 2.67. The molecule has 8 heteroatoms. The molecule has 0 radical (unpaired) electrons. The average Bonchev–Trinajstić information content (AvgIpc) is 2.26. The van der Waals surface area contributed by atoms with E-state index in [2.05, 4.69) is 4.74 Å². The van der Waals surface area contributed by atoms with Gasteiger partial charge in [0.15, 0.2) is 0 Å². The molecule has 102 valence electrons. The van der Waals surface area contributed by atoms with Gasteiger partial charge in [0.25, 0.3) is 5.91 Å². The Hall–Kier alpha value is -2.25. The predicted molar refractivity (Wildman–Crippen MR) is 55.8 cm³/mol. The van der Waals surface area contributed by atoms with Gasteiger partial charge in [0, 0.05) is 12.6 Å². The van der Waals surface area contributed by atoms with Crippen LogP contribution >= 0.6 is 0 Å². The highest BCUT2D eigenvalue weighted by atomic mass is 19.3. The zero-order valence-electron chi connectivity index (χ0n) is 9.40. The summed E-state index contributed by atoms with van der Waals surface area (Å²) in [6, 6.07) is 1.75. The normalized spacial score (nSPS) is 14.5. The maximum atomic E-state index is 13.7. The van der Waals surface area contributed by atoms with E-state index in [-0.39, 0.29) is 18.5 Å². The number of alkyl halides is 2. The molecule has 1 N–H and O–H groups in total. The molecule has 0 unspecified atom stereocenters. The van der Waals surface area contributed by atoms with Crippen LogP contribution in [0, 0.1) is 5.82 Å². The first-order chi connectivity index (χ1) is 8.90. The van der Waals surface area contributed by atoms with Crippen LogP contribution in [-0.2, 0) is 6.42 Å². The second kappa shape index (κ2) is 4.79. The van der Waals surface area contributed by atoms with E-state index in [9.17, 15) is 22.8 Å². The molecule has 0 atom stereocenters. The summed E-state index contributed by atoms with van der Waals surface area (Å²) in [5, 5.41) is 8.76. The number of amides is 2. The Morgan fingerprint density at radius 1 is 1.42 bits per heavy atom. The van der Waals surface area contributed by atoms with Gasteiger partial charge in [-0.1, -0.05) is 0 Å². The first-order valence-corrected chi connectivity index (χ1v) is 5.22. The summed E-state index contributed by atoms with van der Waals surface area (Å²) in [6.45, 7) is -3.26. The quantitative estimate of drug-likeness (QED) is 0.897. The summed E-state index contributed by atoms with van der Waals surface area (Å²) in [4.78, 5) is 23.0. The number of hydrogen-bond acceptors (Lipinski definition) is 3. The monoisotopic (exact) mass is 275 g/mol. The molecule has 19 heavy (non-hydrogen) atoms. The molecule has 2 rings (SSSR count). The minimum Gasteiger partial charge on any atom is -0.465 e. The van der Waals surface area contributed by atoms with E-state index in [1.54, 1.807) is 0 Å². The van der Waals surface area contributed by atoms with Crippen molar-refractivity contribution in [2.45, 2.75) is 13.0 Å². The molecule has 0 aliphatic carbocycles. The van der Waals surface area contributed by atoms with Gasteiger partial charge in [-0.05, 0) is 18.1 Å². The van der Waals surface area contributed by atoms with Crippen LogP contribution in [0.25, 0.3) is 0 Å². The van der Waals surface area contributed by atoms with Crippen molar-refractivity contribution in [3.05, 3.63) is 29.1 Å². The second-order valence-electron chi connectivity index (χ2n) is 3.81. The molecule has 0 saturated carbocycles. The average molecular weight is 275 g/mol. The fraction of sp³-hybridized carbons (Fsp3) is 0.273. The fourth-order valence-corrected chi connectivity index (χ4v) is 1.89. The number of rotatable bonds is 2. The van der Waals surface area contributed by atoms with E-state index in [1.807, 2.05) is 0 Å². The van der Waals surface area contributed by atoms with E-state index >= 15 is 0 Å². The topological polar surface area (TPSA) is 66.8 Å². The van der Waals surface area contributed by atoms with Gasteiger partial charge in [-0.2, -0.15) is 8.78 Å². The van der Waals surface area contributed by atoms with Crippen molar-refractivity contribution in [3.63, 3.8) is 0 Å². The lowest BCUT2D eigenvalue weighted by molar-refractivity contribution is -0.0500. The molecule has 2 amide bonds. The van der Waals surface area contributed by atoms with Gasteiger partial charge >= 0.3 is 12.7 Å². The molecule has 1 aromatic carbocycles. The fourth-order valence-electron chi connectivity index (χ4n) is 1.89. The summed E-state index contributed by atoms with van der Waals surface area (Å²) < 4.78 is 41.8. The lowest BCUT2D eigenvalue weighted by Gasteiger charge is -2.25. The van der Waals surface area contributed by atoms with Crippen molar-refractivity contribution in [3.8, 4) is 5.75 Å². The molecule has 0 aromatic heterocycles. The Morgan fingerprint density at radius 3 is 2.68 bits per heavy atom. The van der Waals surface area contributed by atoms with Crippen molar-refractivity contribution >= 4 is 12.0 Å². The van der Waals surface area contributed by atoms with Gasteiger partial charge in [-0.3, -0.25) is 4.79 Å². The molecule has 0 bridgehead atoms. The maximum absolute atomic E-state index is 13.7. The van der Waals surface area contributed by atoms with Gasteiger partial charge in [-0.25, -0.2) is 14.1 Å². The number of carbonyl (C=O) groups excluding carboxylic acids is 1. The highest BCUT2D eigenvalue weighted by molar-refractivity contribution is 6.04. The Labute approximate surface area is 105 Å². The Balaban J connectivity index is 2.41. The Kier molecular flexibility index (Phi) is 3.32.